The lowest BCUT2D eigenvalue weighted by Crippen LogP contribution is -2.49. The fourth-order valence-corrected chi connectivity index (χ4v) is 3.14. The molecule has 2 saturated heterocycles. The second-order valence-corrected chi connectivity index (χ2v) is 6.56. The fraction of sp³-hybridized carbons (Fsp3) is 0.471. The molecule has 1 aromatic rings. The first-order valence-electron chi connectivity index (χ1n) is 8.39. The van der Waals surface area contributed by atoms with Crippen LogP contribution in [0.5, 0.6) is 0 Å². The average Bonchev–Trinajstić information content (AvgIpc) is 2.96. The second kappa shape index (κ2) is 7.09. The summed E-state index contributed by atoms with van der Waals surface area (Å²) in [5, 5.41) is 0. The predicted molar refractivity (Wildman–Crippen MR) is 89.2 cm³/mol. The van der Waals surface area contributed by atoms with Crippen molar-refractivity contribution in [3.8, 4) is 0 Å². The first kappa shape index (κ1) is 19.0. The van der Waals surface area contributed by atoms with Gasteiger partial charge in [-0.15, -0.1) is 0 Å². The van der Waals surface area contributed by atoms with Gasteiger partial charge < -0.3 is 15.4 Å². The molecule has 0 aromatic heterocycles. The summed E-state index contributed by atoms with van der Waals surface area (Å²) in [4.78, 5) is 36.3. The molecule has 2 aliphatic rings. The molecule has 146 valence electrons. The number of anilines is 2. The molecule has 1 aromatic carbocycles. The van der Waals surface area contributed by atoms with Crippen LogP contribution in [0.3, 0.4) is 0 Å². The van der Waals surface area contributed by atoms with Crippen molar-refractivity contribution in [1.82, 2.24) is 0 Å². The lowest BCUT2D eigenvalue weighted by atomic mass is 10.0. The molecule has 0 unspecified atom stereocenters. The van der Waals surface area contributed by atoms with Gasteiger partial charge in [-0.25, -0.2) is 9.18 Å². The number of halogens is 3. The predicted octanol–water partition coefficient (Wildman–Crippen LogP) is 1.83. The third kappa shape index (κ3) is 3.99. The van der Waals surface area contributed by atoms with Crippen LogP contribution in [-0.4, -0.2) is 49.4 Å². The van der Waals surface area contributed by atoms with Gasteiger partial charge >= 0.3 is 12.0 Å². The summed E-state index contributed by atoms with van der Waals surface area (Å²) in [6.07, 6.45) is -1.28. The van der Waals surface area contributed by atoms with Crippen LogP contribution in [0.2, 0.25) is 0 Å². The topological polar surface area (TPSA) is 92.9 Å². The van der Waals surface area contributed by atoms with Crippen LogP contribution in [0.15, 0.2) is 18.2 Å². The van der Waals surface area contributed by atoms with Crippen molar-refractivity contribution in [1.29, 1.82) is 0 Å². The number of hydrogen-bond donors (Lipinski definition) is 1. The minimum absolute atomic E-state index is 0.00830. The minimum Gasteiger partial charge on any atom is -0.444 e. The highest BCUT2D eigenvalue weighted by Gasteiger charge is 2.44. The molecule has 2 fully saturated rings. The molecule has 10 heteroatoms. The van der Waals surface area contributed by atoms with Gasteiger partial charge in [-0.3, -0.25) is 14.5 Å². The molecular weight excluding hydrogens is 367 g/mol. The second-order valence-electron chi connectivity index (χ2n) is 6.56. The van der Waals surface area contributed by atoms with Gasteiger partial charge in [0.05, 0.1) is 24.5 Å². The van der Waals surface area contributed by atoms with E-state index in [2.05, 4.69) is 0 Å². The zero-order valence-corrected chi connectivity index (χ0v) is 14.3. The van der Waals surface area contributed by atoms with Crippen molar-refractivity contribution in [2.24, 2.45) is 5.73 Å². The zero-order valence-electron chi connectivity index (χ0n) is 14.3. The molecule has 2 heterocycles. The highest BCUT2D eigenvalue weighted by molar-refractivity contribution is 5.90. The van der Waals surface area contributed by atoms with E-state index in [0.717, 1.165) is 11.0 Å². The van der Waals surface area contributed by atoms with E-state index < -0.39 is 42.2 Å². The molecule has 2 N–H and O–H groups in total. The number of cyclic esters (lactones) is 1. The van der Waals surface area contributed by atoms with Crippen LogP contribution in [0.4, 0.5) is 29.3 Å². The Morgan fingerprint density at radius 1 is 1.33 bits per heavy atom. The largest absolute Gasteiger partial charge is 0.444 e. The van der Waals surface area contributed by atoms with Gasteiger partial charge in [0.25, 0.3) is 0 Å². The third-order valence-corrected chi connectivity index (χ3v) is 4.58. The molecule has 0 saturated carbocycles. The minimum atomic E-state index is -3.52. The number of amides is 2. The Balaban J connectivity index is 1.72. The summed E-state index contributed by atoms with van der Waals surface area (Å²) in [6, 6.07) is 3.77. The number of alkyl halides is 2. The SMILES string of the molecule is NC(=O)CC[C@H]1CN(c2ccc(N3CCC(=O)C(F)(F)C3)c(F)c2)C(=O)O1. The number of primary amides is 1. The Kier molecular flexibility index (Phi) is 4.99. The van der Waals surface area contributed by atoms with E-state index in [1.54, 1.807) is 0 Å². The summed E-state index contributed by atoms with van der Waals surface area (Å²) >= 11 is 0. The van der Waals surface area contributed by atoms with Crippen molar-refractivity contribution >= 4 is 29.2 Å². The number of nitrogens with two attached hydrogens (primary N) is 1. The lowest BCUT2D eigenvalue weighted by Gasteiger charge is -2.33. The van der Waals surface area contributed by atoms with Gasteiger partial charge in [0.2, 0.25) is 11.7 Å². The van der Waals surface area contributed by atoms with Crippen molar-refractivity contribution in [2.75, 3.05) is 29.4 Å². The van der Waals surface area contributed by atoms with E-state index >= 15 is 0 Å². The van der Waals surface area contributed by atoms with E-state index in [9.17, 15) is 27.6 Å². The molecule has 0 spiro atoms. The number of ketones is 1. The molecule has 0 bridgehead atoms. The summed E-state index contributed by atoms with van der Waals surface area (Å²) in [5.74, 6) is -5.98. The van der Waals surface area contributed by atoms with Crippen molar-refractivity contribution in [2.45, 2.75) is 31.3 Å². The van der Waals surface area contributed by atoms with Crippen LogP contribution in [-0.2, 0) is 14.3 Å². The maximum Gasteiger partial charge on any atom is 0.414 e. The van der Waals surface area contributed by atoms with E-state index in [1.165, 1.54) is 17.0 Å². The number of nitrogens with zero attached hydrogens (tertiary/aromatic N) is 2. The Morgan fingerprint density at radius 2 is 2.07 bits per heavy atom. The molecule has 0 aliphatic carbocycles. The van der Waals surface area contributed by atoms with Gasteiger partial charge in [0, 0.05) is 19.4 Å². The number of carbonyl (C=O) groups excluding carboxylic acids is 3. The molecular formula is C17H18F3N3O4. The van der Waals surface area contributed by atoms with E-state index in [4.69, 9.17) is 10.5 Å². The lowest BCUT2D eigenvalue weighted by molar-refractivity contribution is -0.143. The van der Waals surface area contributed by atoms with Gasteiger partial charge in [-0.1, -0.05) is 0 Å². The summed E-state index contributed by atoms with van der Waals surface area (Å²) in [5.41, 5.74) is 5.21. The Hall–Kier alpha value is -2.78. The quantitative estimate of drug-likeness (QED) is 0.835. The third-order valence-electron chi connectivity index (χ3n) is 4.58. The van der Waals surface area contributed by atoms with Crippen molar-refractivity contribution in [3.63, 3.8) is 0 Å². The number of ether oxygens (including phenoxy) is 1. The highest BCUT2D eigenvalue weighted by atomic mass is 19.3. The molecule has 0 radical (unpaired) electrons. The molecule has 1 atom stereocenters. The van der Waals surface area contributed by atoms with Gasteiger partial charge in [-0.05, 0) is 24.6 Å². The van der Waals surface area contributed by atoms with Gasteiger partial charge in [0.15, 0.2) is 0 Å². The van der Waals surface area contributed by atoms with Crippen LogP contribution < -0.4 is 15.5 Å². The van der Waals surface area contributed by atoms with Crippen molar-refractivity contribution in [3.05, 3.63) is 24.0 Å². The molecule has 2 aliphatic heterocycles. The van der Waals surface area contributed by atoms with E-state index in [1.807, 2.05) is 0 Å². The standard InChI is InChI=1S/C17H18F3N3O4/c18-12-7-10(23-8-11(27-16(23)26)2-4-15(21)25)1-3-13(12)22-6-5-14(24)17(19,20)9-22/h1,3,7,11H,2,4-6,8-9H2,(H2,21,25)/t11-/m0/s1. The van der Waals surface area contributed by atoms with Crippen LogP contribution in [0.25, 0.3) is 0 Å². The first-order valence-corrected chi connectivity index (χ1v) is 8.39. The number of hydrogen-bond acceptors (Lipinski definition) is 5. The Labute approximate surface area is 152 Å². The van der Waals surface area contributed by atoms with Crippen LogP contribution in [0, 0.1) is 5.82 Å². The summed E-state index contributed by atoms with van der Waals surface area (Å²) in [7, 11) is 0. The average molecular weight is 385 g/mol. The number of rotatable bonds is 5. The van der Waals surface area contributed by atoms with E-state index in [0.29, 0.717) is 0 Å². The fourth-order valence-electron chi connectivity index (χ4n) is 3.14. The number of carbonyl (C=O) groups is 3. The molecule has 3 rings (SSSR count). The Morgan fingerprint density at radius 3 is 2.70 bits per heavy atom. The molecule has 7 nitrogen and oxygen atoms in total. The van der Waals surface area contributed by atoms with Crippen LogP contribution >= 0.6 is 0 Å². The highest BCUT2D eigenvalue weighted by Crippen LogP contribution is 2.32. The first-order chi connectivity index (χ1) is 12.7. The molecule has 27 heavy (non-hydrogen) atoms. The number of piperidine rings is 1. The Bertz CT molecular complexity index is 787. The maximum absolute atomic E-state index is 14.5. The van der Waals surface area contributed by atoms with Crippen LogP contribution in [0.1, 0.15) is 19.3 Å². The van der Waals surface area contributed by atoms with Crippen molar-refractivity contribution < 1.29 is 32.3 Å². The van der Waals surface area contributed by atoms with E-state index in [-0.39, 0.29) is 43.7 Å². The monoisotopic (exact) mass is 385 g/mol. The normalized spacial score (nSPS) is 22.1. The summed E-state index contributed by atoms with van der Waals surface area (Å²) < 4.78 is 46.8. The van der Waals surface area contributed by atoms with Gasteiger partial charge in [0.1, 0.15) is 11.9 Å². The molecule has 2 amide bonds. The zero-order chi connectivity index (χ0) is 19.8. The number of benzene rings is 1. The van der Waals surface area contributed by atoms with Gasteiger partial charge in [-0.2, -0.15) is 8.78 Å². The number of Topliss-reactive ketones (excluding diaryl/α,β-unsaturated/α-hetero) is 1. The smallest absolute Gasteiger partial charge is 0.414 e. The maximum atomic E-state index is 14.5. The summed E-state index contributed by atoms with van der Waals surface area (Å²) in [6.45, 7) is -0.768.